The van der Waals surface area contributed by atoms with Crippen LogP contribution in [0, 0.1) is 6.92 Å². The number of sulfonamides is 1. The highest BCUT2D eigenvalue weighted by Gasteiger charge is 2.24. The van der Waals surface area contributed by atoms with Crippen LogP contribution in [0.25, 0.3) is 0 Å². The van der Waals surface area contributed by atoms with Crippen molar-refractivity contribution in [2.75, 3.05) is 18.4 Å². The van der Waals surface area contributed by atoms with Gasteiger partial charge in [-0.3, -0.25) is 4.31 Å². The predicted molar refractivity (Wildman–Crippen MR) is 83.9 cm³/mol. The average molecular weight is 310 g/mol. The van der Waals surface area contributed by atoms with Crippen LogP contribution in [0.4, 0.5) is 5.69 Å². The summed E-state index contributed by atoms with van der Waals surface area (Å²) in [5.74, 6) is 0. The molecule has 6 heteroatoms. The lowest BCUT2D eigenvalue weighted by molar-refractivity contribution is 0.596. The van der Waals surface area contributed by atoms with Gasteiger partial charge in [0.2, 0.25) is 0 Å². The van der Waals surface area contributed by atoms with Crippen LogP contribution in [0.3, 0.4) is 0 Å². The number of benzene rings is 1. The maximum absolute atomic E-state index is 12.6. The maximum Gasteiger partial charge on any atom is 0.273 e. The zero-order valence-electron chi connectivity index (χ0n) is 11.8. The second-order valence-electron chi connectivity index (χ2n) is 4.56. The summed E-state index contributed by atoms with van der Waals surface area (Å²) in [5, 5.41) is 4.89. The van der Waals surface area contributed by atoms with Gasteiger partial charge in [-0.05, 0) is 42.6 Å². The van der Waals surface area contributed by atoms with Gasteiger partial charge in [-0.2, -0.15) is 0 Å². The molecule has 0 atom stereocenters. The third-order valence-electron chi connectivity index (χ3n) is 3.08. The van der Waals surface area contributed by atoms with E-state index in [2.05, 4.69) is 5.32 Å². The number of hydrogen-bond acceptors (Lipinski definition) is 4. The van der Waals surface area contributed by atoms with Gasteiger partial charge in [0.05, 0.1) is 5.69 Å². The van der Waals surface area contributed by atoms with E-state index >= 15 is 0 Å². The Labute approximate surface area is 124 Å². The van der Waals surface area contributed by atoms with E-state index in [0.717, 1.165) is 11.1 Å². The minimum absolute atomic E-state index is 0.369. The van der Waals surface area contributed by atoms with Crippen molar-refractivity contribution in [2.24, 2.45) is 0 Å². The molecule has 4 nitrogen and oxygen atoms in total. The topological polar surface area (TPSA) is 49.4 Å². The molecule has 108 valence electrons. The van der Waals surface area contributed by atoms with Crippen molar-refractivity contribution >= 4 is 27.0 Å². The van der Waals surface area contributed by atoms with Gasteiger partial charge in [0.15, 0.2) is 0 Å². The van der Waals surface area contributed by atoms with Crippen LogP contribution in [0.5, 0.6) is 0 Å². The molecule has 0 bridgehead atoms. The van der Waals surface area contributed by atoms with E-state index in [1.54, 1.807) is 13.1 Å². The average Bonchev–Trinajstić information content (AvgIpc) is 2.88. The first-order valence-electron chi connectivity index (χ1n) is 6.23. The number of thiophene rings is 1. The van der Waals surface area contributed by atoms with Crippen molar-refractivity contribution in [3.63, 3.8) is 0 Å². The van der Waals surface area contributed by atoms with Crippen LogP contribution >= 0.6 is 11.3 Å². The van der Waals surface area contributed by atoms with Gasteiger partial charge >= 0.3 is 0 Å². The molecular formula is C14H18N2O2S2. The van der Waals surface area contributed by atoms with Gasteiger partial charge in [0.1, 0.15) is 4.21 Å². The van der Waals surface area contributed by atoms with E-state index in [1.165, 1.54) is 15.6 Å². The minimum Gasteiger partial charge on any atom is -0.316 e. The number of rotatable bonds is 5. The Balaban J connectivity index is 2.36. The molecule has 0 aliphatic carbocycles. The Morgan fingerprint density at radius 3 is 2.65 bits per heavy atom. The standard InChI is InChI=1S/C14H18N2O2S2/c1-11-6-4-5-7-13(11)16(3)20(17,18)14-8-12(9-15-2)10-19-14/h4-8,10,15H,9H2,1-3H3. The number of aryl methyl sites for hydroxylation is 1. The maximum atomic E-state index is 12.6. The quantitative estimate of drug-likeness (QED) is 0.923. The third kappa shape index (κ3) is 2.87. The molecule has 1 aromatic carbocycles. The summed E-state index contributed by atoms with van der Waals surface area (Å²) in [6, 6.07) is 9.19. The van der Waals surface area contributed by atoms with Crippen LogP contribution in [0.15, 0.2) is 39.9 Å². The zero-order valence-corrected chi connectivity index (χ0v) is 13.4. The van der Waals surface area contributed by atoms with Gasteiger partial charge in [-0.1, -0.05) is 18.2 Å². The summed E-state index contributed by atoms with van der Waals surface area (Å²) in [7, 11) is -0.0570. The monoisotopic (exact) mass is 310 g/mol. The van der Waals surface area contributed by atoms with Crippen LogP contribution < -0.4 is 9.62 Å². The number of para-hydroxylation sites is 1. The normalized spacial score (nSPS) is 11.6. The van der Waals surface area contributed by atoms with Crippen molar-refractivity contribution in [1.29, 1.82) is 0 Å². The lowest BCUT2D eigenvalue weighted by Crippen LogP contribution is -2.26. The molecule has 0 unspecified atom stereocenters. The van der Waals surface area contributed by atoms with Crippen LogP contribution in [-0.4, -0.2) is 22.5 Å². The Hall–Kier alpha value is -1.37. The number of anilines is 1. The Morgan fingerprint density at radius 2 is 2.00 bits per heavy atom. The summed E-state index contributed by atoms with van der Waals surface area (Å²) >= 11 is 1.26. The number of nitrogens with zero attached hydrogens (tertiary/aromatic N) is 1. The molecule has 0 fully saturated rings. The van der Waals surface area contributed by atoms with Gasteiger partial charge in [-0.15, -0.1) is 11.3 Å². The highest BCUT2D eigenvalue weighted by Crippen LogP contribution is 2.28. The van der Waals surface area contributed by atoms with Crippen LogP contribution in [0.2, 0.25) is 0 Å². The SMILES string of the molecule is CNCc1csc(S(=O)(=O)N(C)c2ccccc2C)c1. The highest BCUT2D eigenvalue weighted by atomic mass is 32.2. The lowest BCUT2D eigenvalue weighted by Gasteiger charge is -2.20. The molecule has 0 amide bonds. The Kier molecular flexibility index (Phi) is 4.47. The predicted octanol–water partition coefficient (Wildman–Crippen LogP) is 2.60. The molecule has 0 radical (unpaired) electrons. The van der Waals surface area contributed by atoms with Gasteiger partial charge in [-0.25, -0.2) is 8.42 Å². The van der Waals surface area contributed by atoms with Gasteiger partial charge in [0.25, 0.3) is 10.0 Å². The van der Waals surface area contributed by atoms with Gasteiger partial charge < -0.3 is 5.32 Å². The van der Waals surface area contributed by atoms with Crippen molar-refractivity contribution in [3.05, 3.63) is 46.8 Å². The first-order valence-corrected chi connectivity index (χ1v) is 8.55. The Morgan fingerprint density at radius 1 is 1.30 bits per heavy atom. The van der Waals surface area contributed by atoms with E-state index in [0.29, 0.717) is 16.4 Å². The fourth-order valence-electron chi connectivity index (χ4n) is 1.97. The van der Waals surface area contributed by atoms with E-state index in [1.807, 2.05) is 43.6 Å². The zero-order chi connectivity index (χ0) is 14.8. The molecule has 1 aromatic heterocycles. The van der Waals surface area contributed by atoms with E-state index in [-0.39, 0.29) is 0 Å². The molecular weight excluding hydrogens is 292 g/mol. The van der Waals surface area contributed by atoms with E-state index in [4.69, 9.17) is 0 Å². The Bertz CT molecular complexity index is 693. The van der Waals surface area contributed by atoms with Crippen molar-refractivity contribution in [2.45, 2.75) is 17.7 Å². The van der Waals surface area contributed by atoms with Crippen molar-refractivity contribution < 1.29 is 8.42 Å². The summed E-state index contributed by atoms with van der Waals surface area (Å²) in [5.41, 5.74) is 2.62. The smallest absolute Gasteiger partial charge is 0.273 e. The molecule has 0 saturated heterocycles. The highest BCUT2D eigenvalue weighted by molar-refractivity contribution is 7.94. The summed E-state index contributed by atoms with van der Waals surface area (Å²) < 4.78 is 27.0. The summed E-state index contributed by atoms with van der Waals surface area (Å²) in [4.78, 5) is 0. The fourth-order valence-corrected chi connectivity index (χ4v) is 4.60. The fraction of sp³-hybridized carbons (Fsp3) is 0.286. The molecule has 2 aromatic rings. The molecule has 2 rings (SSSR count). The molecule has 0 saturated carbocycles. The molecule has 1 N–H and O–H groups in total. The van der Waals surface area contributed by atoms with Crippen molar-refractivity contribution in [3.8, 4) is 0 Å². The van der Waals surface area contributed by atoms with Crippen LogP contribution in [-0.2, 0) is 16.6 Å². The third-order valence-corrected chi connectivity index (χ3v) is 6.32. The second kappa shape index (κ2) is 5.95. The molecule has 1 heterocycles. The molecule has 0 aliphatic heterocycles. The van der Waals surface area contributed by atoms with Crippen molar-refractivity contribution in [1.82, 2.24) is 5.32 Å². The van der Waals surface area contributed by atoms with Crippen LogP contribution in [0.1, 0.15) is 11.1 Å². The second-order valence-corrected chi connectivity index (χ2v) is 7.67. The number of hydrogen-bond donors (Lipinski definition) is 1. The first kappa shape index (κ1) is 15.0. The minimum atomic E-state index is -3.49. The lowest BCUT2D eigenvalue weighted by atomic mass is 10.2. The van der Waals surface area contributed by atoms with E-state index in [9.17, 15) is 8.42 Å². The van der Waals surface area contributed by atoms with Gasteiger partial charge in [0, 0.05) is 13.6 Å². The number of nitrogens with one attached hydrogen (secondary N) is 1. The molecule has 0 aliphatic rings. The summed E-state index contributed by atoms with van der Waals surface area (Å²) in [6.07, 6.45) is 0. The van der Waals surface area contributed by atoms with E-state index < -0.39 is 10.0 Å². The first-order chi connectivity index (χ1) is 9.46. The summed E-state index contributed by atoms with van der Waals surface area (Å²) in [6.45, 7) is 2.57. The largest absolute Gasteiger partial charge is 0.316 e. The molecule has 0 spiro atoms. The molecule has 20 heavy (non-hydrogen) atoms.